The molecule has 17 heavy (non-hydrogen) atoms. The number of aromatic amines is 1. The van der Waals surface area contributed by atoms with E-state index in [2.05, 4.69) is 20.6 Å². The molecule has 2 aromatic heterocycles. The van der Waals surface area contributed by atoms with Gasteiger partial charge in [0.2, 0.25) is 11.8 Å². The van der Waals surface area contributed by atoms with Crippen molar-refractivity contribution in [3.8, 4) is 5.88 Å². The largest absolute Gasteiger partial charge is 0.475 e. The van der Waals surface area contributed by atoms with E-state index < -0.39 is 0 Å². The van der Waals surface area contributed by atoms with Gasteiger partial charge in [0.1, 0.15) is 6.61 Å². The monoisotopic (exact) mass is 239 g/mol. The number of carbonyl (C=O) groups excluding carboxylic acids is 1. The second-order valence-electron chi connectivity index (χ2n) is 3.36. The van der Waals surface area contributed by atoms with Gasteiger partial charge in [-0.15, -0.1) is 10.2 Å². The molecule has 0 saturated heterocycles. The van der Waals surface area contributed by atoms with Crippen LogP contribution in [0.4, 0.5) is 5.95 Å². The third-order valence-corrected chi connectivity index (χ3v) is 2.00. The van der Waals surface area contributed by atoms with E-state index in [1.54, 1.807) is 13.2 Å². The SMILES string of the molecule is COCCOc1cc2nnc(NC(C)=O)n2[nH]1. The van der Waals surface area contributed by atoms with Crippen LogP contribution in [-0.2, 0) is 9.53 Å². The van der Waals surface area contributed by atoms with Crippen molar-refractivity contribution in [1.82, 2.24) is 19.8 Å². The average molecular weight is 239 g/mol. The van der Waals surface area contributed by atoms with Crippen LogP contribution in [0.25, 0.3) is 5.65 Å². The number of H-pyrrole nitrogens is 1. The molecule has 0 atom stereocenters. The lowest BCUT2D eigenvalue weighted by atomic mass is 10.6. The number of hydrogen-bond acceptors (Lipinski definition) is 5. The highest BCUT2D eigenvalue weighted by atomic mass is 16.5. The number of ether oxygens (including phenoxy) is 2. The van der Waals surface area contributed by atoms with E-state index in [1.165, 1.54) is 11.4 Å². The number of nitrogens with zero attached hydrogens (tertiary/aromatic N) is 3. The molecule has 0 aliphatic rings. The summed E-state index contributed by atoms with van der Waals surface area (Å²) < 4.78 is 11.8. The molecular formula is C9H13N5O3. The Bertz CT molecular complexity index is 518. The molecule has 2 heterocycles. The van der Waals surface area contributed by atoms with Gasteiger partial charge < -0.3 is 9.47 Å². The fourth-order valence-corrected chi connectivity index (χ4v) is 1.31. The van der Waals surface area contributed by atoms with E-state index in [9.17, 15) is 4.79 Å². The van der Waals surface area contributed by atoms with Crippen molar-refractivity contribution in [1.29, 1.82) is 0 Å². The standard InChI is InChI=1S/C9H13N5O3/c1-6(15)10-9-12-11-7-5-8(13-14(7)9)17-4-3-16-2/h5,13H,3-4H2,1-2H3,(H,10,12,15). The van der Waals surface area contributed by atoms with Crippen LogP contribution < -0.4 is 10.1 Å². The van der Waals surface area contributed by atoms with Gasteiger partial charge in [-0.1, -0.05) is 0 Å². The van der Waals surface area contributed by atoms with Gasteiger partial charge in [0, 0.05) is 20.1 Å². The summed E-state index contributed by atoms with van der Waals surface area (Å²) in [6.07, 6.45) is 0. The van der Waals surface area contributed by atoms with E-state index in [4.69, 9.17) is 9.47 Å². The summed E-state index contributed by atoms with van der Waals surface area (Å²) in [6, 6.07) is 1.69. The molecule has 1 amide bonds. The molecule has 8 heteroatoms. The summed E-state index contributed by atoms with van der Waals surface area (Å²) in [4.78, 5) is 10.9. The summed E-state index contributed by atoms with van der Waals surface area (Å²) >= 11 is 0. The number of anilines is 1. The molecule has 0 aliphatic heterocycles. The summed E-state index contributed by atoms with van der Waals surface area (Å²) in [5.41, 5.74) is 0.571. The minimum atomic E-state index is -0.212. The number of fused-ring (bicyclic) bond motifs is 1. The van der Waals surface area contributed by atoms with Crippen LogP contribution in [0, 0.1) is 0 Å². The summed E-state index contributed by atoms with van der Waals surface area (Å²) in [6.45, 7) is 2.33. The maximum Gasteiger partial charge on any atom is 0.250 e. The first kappa shape index (κ1) is 11.4. The lowest BCUT2D eigenvalue weighted by Crippen LogP contribution is -2.10. The highest BCUT2D eigenvalue weighted by Crippen LogP contribution is 2.14. The topological polar surface area (TPSA) is 93.5 Å². The normalized spacial score (nSPS) is 10.7. The molecule has 0 radical (unpaired) electrons. The van der Waals surface area contributed by atoms with Gasteiger partial charge in [-0.2, -0.15) is 4.52 Å². The van der Waals surface area contributed by atoms with Crippen molar-refractivity contribution in [2.75, 3.05) is 25.6 Å². The van der Waals surface area contributed by atoms with E-state index in [-0.39, 0.29) is 5.91 Å². The summed E-state index contributed by atoms with van der Waals surface area (Å²) in [5.74, 6) is 0.656. The predicted octanol–water partition coefficient (Wildman–Crippen LogP) is 0.0410. The third kappa shape index (κ3) is 2.53. The lowest BCUT2D eigenvalue weighted by molar-refractivity contribution is -0.114. The van der Waals surface area contributed by atoms with Gasteiger partial charge in [-0.25, -0.2) is 0 Å². The number of amides is 1. The molecule has 2 aromatic rings. The Morgan fingerprint density at radius 1 is 1.53 bits per heavy atom. The first-order chi connectivity index (χ1) is 8.20. The van der Waals surface area contributed by atoms with Crippen molar-refractivity contribution in [2.45, 2.75) is 6.92 Å². The number of methoxy groups -OCH3 is 1. The molecule has 0 unspecified atom stereocenters. The zero-order valence-electron chi connectivity index (χ0n) is 9.56. The Hall–Kier alpha value is -2.09. The molecule has 92 valence electrons. The van der Waals surface area contributed by atoms with Gasteiger partial charge in [0.15, 0.2) is 5.65 Å². The van der Waals surface area contributed by atoms with Crippen molar-refractivity contribution in [2.24, 2.45) is 0 Å². The van der Waals surface area contributed by atoms with Crippen molar-refractivity contribution in [3.05, 3.63) is 6.07 Å². The van der Waals surface area contributed by atoms with Crippen LogP contribution in [-0.4, -0.2) is 46.0 Å². The second-order valence-corrected chi connectivity index (χ2v) is 3.36. The molecule has 8 nitrogen and oxygen atoms in total. The first-order valence-electron chi connectivity index (χ1n) is 5.04. The van der Waals surface area contributed by atoms with Crippen LogP contribution in [0.3, 0.4) is 0 Å². The summed E-state index contributed by atoms with van der Waals surface area (Å²) in [7, 11) is 1.60. The minimum Gasteiger partial charge on any atom is -0.475 e. The zero-order chi connectivity index (χ0) is 12.3. The number of nitrogens with one attached hydrogen (secondary N) is 2. The number of hydrogen-bond donors (Lipinski definition) is 2. The Labute approximate surface area is 96.9 Å². The number of rotatable bonds is 5. The molecule has 2 rings (SSSR count). The highest BCUT2D eigenvalue weighted by molar-refractivity contribution is 5.87. The highest BCUT2D eigenvalue weighted by Gasteiger charge is 2.10. The van der Waals surface area contributed by atoms with E-state index in [1.807, 2.05) is 0 Å². The van der Waals surface area contributed by atoms with Crippen LogP contribution in [0.15, 0.2) is 6.07 Å². The average Bonchev–Trinajstić information content (AvgIpc) is 2.80. The van der Waals surface area contributed by atoms with Crippen LogP contribution >= 0.6 is 0 Å². The van der Waals surface area contributed by atoms with Crippen LogP contribution in [0.5, 0.6) is 5.88 Å². The molecular weight excluding hydrogens is 226 g/mol. The minimum absolute atomic E-state index is 0.212. The Kier molecular flexibility index (Phi) is 3.24. The quantitative estimate of drug-likeness (QED) is 0.718. The Morgan fingerprint density at radius 3 is 3.06 bits per heavy atom. The molecule has 0 fully saturated rings. The Morgan fingerprint density at radius 2 is 2.35 bits per heavy atom. The number of aromatic nitrogens is 4. The van der Waals surface area contributed by atoms with Gasteiger partial charge in [0.25, 0.3) is 5.95 Å². The third-order valence-electron chi connectivity index (χ3n) is 2.00. The van der Waals surface area contributed by atoms with Gasteiger partial charge in [0.05, 0.1) is 6.61 Å². The summed E-state index contributed by atoms with van der Waals surface area (Å²) in [5, 5.41) is 13.1. The molecule has 0 aliphatic carbocycles. The van der Waals surface area contributed by atoms with E-state index in [0.717, 1.165) is 0 Å². The van der Waals surface area contributed by atoms with Crippen molar-refractivity contribution >= 4 is 17.5 Å². The van der Waals surface area contributed by atoms with Gasteiger partial charge in [-0.3, -0.25) is 15.2 Å². The molecule has 2 N–H and O–H groups in total. The van der Waals surface area contributed by atoms with Crippen molar-refractivity contribution in [3.63, 3.8) is 0 Å². The maximum atomic E-state index is 10.9. The van der Waals surface area contributed by atoms with Crippen LogP contribution in [0.1, 0.15) is 6.92 Å². The fourth-order valence-electron chi connectivity index (χ4n) is 1.31. The Balaban J connectivity index is 2.13. The van der Waals surface area contributed by atoms with Crippen LogP contribution in [0.2, 0.25) is 0 Å². The molecule has 0 bridgehead atoms. The second kappa shape index (κ2) is 4.83. The first-order valence-corrected chi connectivity index (χ1v) is 5.04. The molecule has 0 aromatic carbocycles. The van der Waals surface area contributed by atoms with Gasteiger partial charge in [-0.05, 0) is 0 Å². The molecule has 0 saturated carbocycles. The molecule has 0 spiro atoms. The zero-order valence-corrected chi connectivity index (χ0v) is 9.56. The van der Waals surface area contributed by atoms with Gasteiger partial charge >= 0.3 is 0 Å². The number of carbonyl (C=O) groups is 1. The predicted molar refractivity (Wildman–Crippen MR) is 59.0 cm³/mol. The lowest BCUT2D eigenvalue weighted by Gasteiger charge is -2.01. The fraction of sp³-hybridized carbons (Fsp3) is 0.444. The van der Waals surface area contributed by atoms with E-state index >= 15 is 0 Å². The van der Waals surface area contributed by atoms with E-state index in [0.29, 0.717) is 30.7 Å². The van der Waals surface area contributed by atoms with Crippen molar-refractivity contribution < 1.29 is 14.3 Å². The smallest absolute Gasteiger partial charge is 0.250 e. The maximum absolute atomic E-state index is 10.9.